The standard InChI is InChI=1S/C15H15N3OS2/c1-9(11-4-3-7-20-11)18(2)15(19)14-13(16)10-5-6-17-8-12(10)21-14/h3-9H,16H2,1-2H3. The number of nitrogens with zero attached hydrogens (tertiary/aromatic N) is 2. The average molecular weight is 317 g/mol. The lowest BCUT2D eigenvalue weighted by atomic mass is 10.2. The number of rotatable bonds is 3. The van der Waals surface area contributed by atoms with E-state index < -0.39 is 0 Å². The average Bonchev–Trinajstić information content (AvgIpc) is 3.14. The summed E-state index contributed by atoms with van der Waals surface area (Å²) in [5, 5.41) is 2.92. The van der Waals surface area contributed by atoms with Gasteiger partial charge < -0.3 is 10.6 Å². The molecule has 3 aromatic heterocycles. The minimum Gasteiger partial charge on any atom is -0.397 e. The molecule has 1 amide bonds. The summed E-state index contributed by atoms with van der Waals surface area (Å²) in [5.41, 5.74) is 6.68. The molecule has 3 rings (SSSR count). The monoisotopic (exact) mass is 317 g/mol. The number of carbonyl (C=O) groups is 1. The summed E-state index contributed by atoms with van der Waals surface area (Å²) in [7, 11) is 1.81. The number of carbonyl (C=O) groups excluding carboxylic acids is 1. The molecule has 3 heterocycles. The molecule has 0 fully saturated rings. The fraction of sp³-hybridized carbons (Fsp3) is 0.200. The maximum atomic E-state index is 12.7. The normalized spacial score (nSPS) is 12.5. The summed E-state index contributed by atoms with van der Waals surface area (Å²) in [6, 6.07) is 5.91. The molecular formula is C15H15N3OS2. The van der Waals surface area contributed by atoms with E-state index in [0.29, 0.717) is 10.6 Å². The van der Waals surface area contributed by atoms with Gasteiger partial charge in [0.15, 0.2) is 0 Å². The summed E-state index contributed by atoms with van der Waals surface area (Å²) >= 11 is 3.05. The Morgan fingerprint density at radius 2 is 2.24 bits per heavy atom. The van der Waals surface area contributed by atoms with E-state index in [9.17, 15) is 4.79 Å². The molecule has 6 heteroatoms. The van der Waals surface area contributed by atoms with Gasteiger partial charge in [0.1, 0.15) is 4.88 Å². The van der Waals surface area contributed by atoms with Crippen molar-refractivity contribution in [3.05, 3.63) is 45.7 Å². The number of nitrogens with two attached hydrogens (primary N) is 1. The Morgan fingerprint density at radius 1 is 1.43 bits per heavy atom. The van der Waals surface area contributed by atoms with Crippen molar-refractivity contribution in [1.82, 2.24) is 9.88 Å². The van der Waals surface area contributed by atoms with Crippen LogP contribution < -0.4 is 5.73 Å². The lowest BCUT2D eigenvalue weighted by molar-refractivity contribution is 0.0751. The van der Waals surface area contributed by atoms with Crippen molar-refractivity contribution in [3.63, 3.8) is 0 Å². The minimum absolute atomic E-state index is 0.0280. The number of amides is 1. The molecule has 4 nitrogen and oxygen atoms in total. The molecule has 0 radical (unpaired) electrons. The van der Waals surface area contributed by atoms with Crippen molar-refractivity contribution in [1.29, 1.82) is 0 Å². The van der Waals surface area contributed by atoms with Crippen molar-refractivity contribution >= 4 is 44.4 Å². The number of fused-ring (bicyclic) bond motifs is 1. The van der Waals surface area contributed by atoms with Crippen molar-refractivity contribution < 1.29 is 4.79 Å². The first-order valence-electron chi connectivity index (χ1n) is 6.52. The Bertz CT molecular complexity index is 779. The third-order valence-electron chi connectivity index (χ3n) is 3.58. The SMILES string of the molecule is CC(c1cccs1)N(C)C(=O)c1sc2cnccc2c1N. The second kappa shape index (κ2) is 5.46. The maximum absolute atomic E-state index is 12.7. The minimum atomic E-state index is -0.0467. The summed E-state index contributed by atoms with van der Waals surface area (Å²) in [6.45, 7) is 2.02. The number of anilines is 1. The molecule has 2 N–H and O–H groups in total. The van der Waals surface area contributed by atoms with Crippen LogP contribution in [0.1, 0.15) is 27.5 Å². The number of hydrogen-bond donors (Lipinski definition) is 1. The highest BCUT2D eigenvalue weighted by Crippen LogP contribution is 2.35. The molecule has 0 aliphatic heterocycles. The van der Waals surface area contributed by atoms with E-state index in [2.05, 4.69) is 4.98 Å². The number of thiophene rings is 2. The van der Waals surface area contributed by atoms with Crippen LogP contribution in [0.2, 0.25) is 0 Å². The summed E-state index contributed by atoms with van der Waals surface area (Å²) in [6.07, 6.45) is 3.44. The molecule has 0 aliphatic carbocycles. The fourth-order valence-electron chi connectivity index (χ4n) is 2.19. The second-order valence-electron chi connectivity index (χ2n) is 4.82. The lowest BCUT2D eigenvalue weighted by Gasteiger charge is -2.23. The first-order valence-corrected chi connectivity index (χ1v) is 8.21. The molecule has 0 spiro atoms. The van der Waals surface area contributed by atoms with Gasteiger partial charge in [-0.1, -0.05) is 6.07 Å². The van der Waals surface area contributed by atoms with Crippen LogP contribution in [0.3, 0.4) is 0 Å². The maximum Gasteiger partial charge on any atom is 0.266 e. The van der Waals surface area contributed by atoms with Crippen molar-refractivity contribution in [3.8, 4) is 0 Å². The Morgan fingerprint density at radius 3 is 2.90 bits per heavy atom. The predicted octanol–water partition coefficient (Wildman–Crippen LogP) is 3.77. The highest BCUT2D eigenvalue weighted by molar-refractivity contribution is 7.21. The van der Waals surface area contributed by atoms with Gasteiger partial charge in [0, 0.05) is 29.7 Å². The van der Waals surface area contributed by atoms with Crippen LogP contribution in [0, 0.1) is 0 Å². The molecule has 3 aromatic rings. The molecule has 0 saturated heterocycles. The zero-order chi connectivity index (χ0) is 15.0. The summed E-state index contributed by atoms with van der Waals surface area (Å²) in [5.74, 6) is -0.0467. The van der Waals surface area contributed by atoms with Crippen molar-refractivity contribution in [2.24, 2.45) is 0 Å². The number of hydrogen-bond acceptors (Lipinski definition) is 5. The van der Waals surface area contributed by atoms with Crippen LogP contribution >= 0.6 is 22.7 Å². The van der Waals surface area contributed by atoms with Gasteiger partial charge in [-0.05, 0) is 24.4 Å². The van der Waals surface area contributed by atoms with E-state index in [-0.39, 0.29) is 11.9 Å². The van der Waals surface area contributed by atoms with Gasteiger partial charge in [-0.25, -0.2) is 0 Å². The van der Waals surface area contributed by atoms with Gasteiger partial charge in [-0.3, -0.25) is 9.78 Å². The van der Waals surface area contributed by atoms with E-state index in [1.54, 1.807) is 28.6 Å². The number of pyridine rings is 1. The largest absolute Gasteiger partial charge is 0.397 e. The molecule has 0 aliphatic rings. The zero-order valence-electron chi connectivity index (χ0n) is 11.7. The molecule has 1 unspecified atom stereocenters. The van der Waals surface area contributed by atoms with E-state index >= 15 is 0 Å². The Labute approximate surface area is 130 Å². The first-order chi connectivity index (χ1) is 10.1. The Balaban J connectivity index is 1.95. The summed E-state index contributed by atoms with van der Waals surface area (Å²) in [4.78, 5) is 20.3. The zero-order valence-corrected chi connectivity index (χ0v) is 13.4. The van der Waals surface area contributed by atoms with Crippen molar-refractivity contribution in [2.45, 2.75) is 13.0 Å². The van der Waals surface area contributed by atoms with Gasteiger partial charge in [-0.2, -0.15) is 0 Å². The van der Waals surface area contributed by atoms with Gasteiger partial charge in [-0.15, -0.1) is 22.7 Å². The predicted molar refractivity (Wildman–Crippen MR) is 88.9 cm³/mol. The molecular weight excluding hydrogens is 302 g/mol. The smallest absolute Gasteiger partial charge is 0.266 e. The van der Waals surface area contributed by atoms with Crippen LogP contribution in [0.4, 0.5) is 5.69 Å². The molecule has 1 atom stereocenters. The molecule has 0 aromatic carbocycles. The van der Waals surface area contributed by atoms with E-state index in [1.807, 2.05) is 37.6 Å². The fourth-order valence-corrected chi connectivity index (χ4v) is 4.08. The third kappa shape index (κ3) is 2.41. The highest BCUT2D eigenvalue weighted by atomic mass is 32.1. The van der Waals surface area contributed by atoms with E-state index in [4.69, 9.17) is 5.73 Å². The number of nitrogen functional groups attached to an aromatic ring is 1. The van der Waals surface area contributed by atoms with Crippen LogP contribution in [0.25, 0.3) is 10.1 Å². The summed E-state index contributed by atoms with van der Waals surface area (Å²) < 4.78 is 0.940. The van der Waals surface area contributed by atoms with E-state index in [1.165, 1.54) is 11.3 Å². The van der Waals surface area contributed by atoms with Crippen LogP contribution in [0.5, 0.6) is 0 Å². The van der Waals surface area contributed by atoms with Gasteiger partial charge in [0.05, 0.1) is 16.4 Å². The van der Waals surface area contributed by atoms with Crippen LogP contribution in [0.15, 0.2) is 36.0 Å². The quantitative estimate of drug-likeness (QED) is 0.800. The molecule has 0 saturated carbocycles. The van der Waals surface area contributed by atoms with Crippen LogP contribution in [-0.4, -0.2) is 22.8 Å². The van der Waals surface area contributed by atoms with Gasteiger partial charge >= 0.3 is 0 Å². The molecule has 108 valence electrons. The molecule has 0 bridgehead atoms. The van der Waals surface area contributed by atoms with Gasteiger partial charge in [0.25, 0.3) is 5.91 Å². The van der Waals surface area contributed by atoms with Gasteiger partial charge in [0.2, 0.25) is 0 Å². The van der Waals surface area contributed by atoms with Crippen molar-refractivity contribution in [2.75, 3.05) is 12.8 Å². The molecule has 21 heavy (non-hydrogen) atoms. The number of aromatic nitrogens is 1. The third-order valence-corrected chi connectivity index (χ3v) is 5.77. The van der Waals surface area contributed by atoms with E-state index in [0.717, 1.165) is 15.0 Å². The lowest BCUT2D eigenvalue weighted by Crippen LogP contribution is -2.29. The second-order valence-corrected chi connectivity index (χ2v) is 6.86. The topological polar surface area (TPSA) is 59.2 Å². The van der Waals surface area contributed by atoms with Crippen LogP contribution in [-0.2, 0) is 0 Å². The first kappa shape index (κ1) is 14.0. The Kier molecular flexibility index (Phi) is 3.65. The Hall–Kier alpha value is -1.92. The highest BCUT2D eigenvalue weighted by Gasteiger charge is 2.24.